The third kappa shape index (κ3) is 3.47. The zero-order valence-corrected chi connectivity index (χ0v) is 10.7. The van der Waals surface area contributed by atoms with Gasteiger partial charge in [0.1, 0.15) is 5.82 Å². The molecule has 80 valence electrons. The molecular weight excluding hydrogens is 304 g/mol. The lowest BCUT2D eigenvalue weighted by atomic mass is 10.0. The van der Waals surface area contributed by atoms with Crippen LogP contribution in [0, 0.1) is 21.7 Å². The van der Waals surface area contributed by atoms with Crippen LogP contribution in [0.4, 0.5) is 4.39 Å². The molecular formula is C12H13FIN. The zero-order chi connectivity index (χ0) is 11.3. The average Bonchev–Trinajstić information content (AvgIpc) is 2.21. The van der Waals surface area contributed by atoms with Gasteiger partial charge in [-0.05, 0) is 53.8 Å². The molecule has 0 heterocycles. The van der Waals surface area contributed by atoms with Crippen molar-refractivity contribution in [2.75, 3.05) is 7.05 Å². The van der Waals surface area contributed by atoms with Gasteiger partial charge in [-0.25, -0.2) is 4.39 Å². The fourth-order valence-corrected chi connectivity index (χ4v) is 2.32. The summed E-state index contributed by atoms with van der Waals surface area (Å²) in [6.45, 7) is 0. The van der Waals surface area contributed by atoms with Crippen molar-refractivity contribution >= 4 is 22.6 Å². The highest BCUT2D eigenvalue weighted by molar-refractivity contribution is 14.1. The maximum atomic E-state index is 12.9. The second-order valence-corrected chi connectivity index (χ2v) is 4.41. The van der Waals surface area contributed by atoms with E-state index in [1.807, 2.05) is 13.1 Å². The minimum Gasteiger partial charge on any atom is -0.313 e. The SMILES string of the molecule is C#CCCC(NC)c1ccc(F)cc1I. The number of hydrogen-bond acceptors (Lipinski definition) is 1. The molecule has 0 aromatic heterocycles. The molecule has 15 heavy (non-hydrogen) atoms. The first kappa shape index (κ1) is 12.5. The van der Waals surface area contributed by atoms with Gasteiger partial charge in [0.05, 0.1) is 0 Å². The van der Waals surface area contributed by atoms with E-state index in [0.29, 0.717) is 0 Å². The van der Waals surface area contributed by atoms with Crippen LogP contribution in [0.3, 0.4) is 0 Å². The number of rotatable bonds is 4. The van der Waals surface area contributed by atoms with Gasteiger partial charge in [0.25, 0.3) is 0 Å². The van der Waals surface area contributed by atoms with Crippen molar-refractivity contribution in [2.45, 2.75) is 18.9 Å². The molecule has 3 heteroatoms. The minimum absolute atomic E-state index is 0.199. The summed E-state index contributed by atoms with van der Waals surface area (Å²) < 4.78 is 13.8. The van der Waals surface area contributed by atoms with Gasteiger partial charge in [0.15, 0.2) is 0 Å². The lowest BCUT2D eigenvalue weighted by Gasteiger charge is -2.17. The molecule has 0 fully saturated rings. The molecule has 0 aliphatic heterocycles. The lowest BCUT2D eigenvalue weighted by Crippen LogP contribution is -2.17. The average molecular weight is 317 g/mol. The molecule has 0 amide bonds. The molecule has 1 aromatic rings. The Kier molecular flexibility index (Phi) is 5.06. The first-order chi connectivity index (χ1) is 7.19. The fourth-order valence-electron chi connectivity index (χ4n) is 1.47. The van der Waals surface area contributed by atoms with Crippen molar-refractivity contribution < 1.29 is 4.39 Å². The molecule has 0 aliphatic carbocycles. The topological polar surface area (TPSA) is 12.0 Å². The van der Waals surface area contributed by atoms with Crippen molar-refractivity contribution in [1.29, 1.82) is 0 Å². The van der Waals surface area contributed by atoms with Crippen LogP contribution in [-0.4, -0.2) is 7.05 Å². The van der Waals surface area contributed by atoms with Crippen LogP contribution in [-0.2, 0) is 0 Å². The molecule has 1 aromatic carbocycles. The van der Waals surface area contributed by atoms with E-state index in [2.05, 4.69) is 33.8 Å². The number of benzene rings is 1. The predicted octanol–water partition coefficient (Wildman–Crippen LogP) is 3.10. The van der Waals surface area contributed by atoms with Gasteiger partial charge >= 0.3 is 0 Å². The summed E-state index contributed by atoms with van der Waals surface area (Å²) in [5.74, 6) is 2.42. The zero-order valence-electron chi connectivity index (χ0n) is 8.56. The van der Waals surface area contributed by atoms with Crippen LogP contribution in [0.2, 0.25) is 0 Å². The van der Waals surface area contributed by atoms with E-state index in [0.717, 1.165) is 22.0 Å². The number of nitrogens with one attached hydrogen (secondary N) is 1. The first-order valence-corrected chi connectivity index (χ1v) is 5.82. The van der Waals surface area contributed by atoms with Gasteiger partial charge < -0.3 is 5.32 Å². The van der Waals surface area contributed by atoms with Crippen molar-refractivity contribution in [3.8, 4) is 12.3 Å². The standard InChI is InChI=1S/C12H13FIN/c1-3-4-5-12(15-2)10-7-6-9(13)8-11(10)14/h1,6-8,12,15H,4-5H2,2H3. The fraction of sp³-hybridized carbons (Fsp3) is 0.333. The summed E-state index contributed by atoms with van der Waals surface area (Å²) in [5.41, 5.74) is 1.11. The molecule has 0 spiro atoms. The van der Waals surface area contributed by atoms with Gasteiger partial charge in [0.2, 0.25) is 0 Å². The van der Waals surface area contributed by atoms with Crippen LogP contribution >= 0.6 is 22.6 Å². The molecule has 1 atom stereocenters. The quantitative estimate of drug-likeness (QED) is 0.665. The van der Waals surface area contributed by atoms with E-state index in [-0.39, 0.29) is 11.9 Å². The summed E-state index contributed by atoms with van der Waals surface area (Å²) in [7, 11) is 1.89. The lowest BCUT2D eigenvalue weighted by molar-refractivity contribution is 0.553. The first-order valence-electron chi connectivity index (χ1n) is 4.74. The summed E-state index contributed by atoms with van der Waals surface area (Å²) in [6, 6.07) is 5.04. The molecule has 0 radical (unpaired) electrons. The van der Waals surface area contributed by atoms with Gasteiger partial charge in [-0.3, -0.25) is 0 Å². The Morgan fingerprint density at radius 1 is 1.60 bits per heavy atom. The van der Waals surface area contributed by atoms with Crippen molar-refractivity contribution in [2.24, 2.45) is 0 Å². The summed E-state index contributed by atoms with van der Waals surface area (Å²) in [5, 5.41) is 3.19. The highest BCUT2D eigenvalue weighted by atomic mass is 127. The second kappa shape index (κ2) is 6.09. The monoisotopic (exact) mass is 317 g/mol. The van der Waals surface area contributed by atoms with E-state index >= 15 is 0 Å². The van der Waals surface area contributed by atoms with Crippen LogP contribution in [0.15, 0.2) is 18.2 Å². The Hall–Kier alpha value is -0.600. The summed E-state index contributed by atoms with van der Waals surface area (Å²) in [4.78, 5) is 0. The van der Waals surface area contributed by atoms with E-state index in [1.165, 1.54) is 12.1 Å². The Bertz CT molecular complexity index is 370. The summed E-state index contributed by atoms with van der Waals surface area (Å²) in [6.07, 6.45) is 6.82. The molecule has 1 unspecified atom stereocenters. The Balaban J connectivity index is 2.87. The normalized spacial score (nSPS) is 12.1. The van der Waals surface area contributed by atoms with Gasteiger partial charge in [-0.15, -0.1) is 12.3 Å². The molecule has 1 rings (SSSR count). The van der Waals surface area contributed by atoms with Crippen molar-refractivity contribution in [3.63, 3.8) is 0 Å². The molecule has 0 saturated carbocycles. The smallest absolute Gasteiger partial charge is 0.124 e. The van der Waals surface area contributed by atoms with E-state index in [1.54, 1.807) is 0 Å². The third-order valence-electron chi connectivity index (χ3n) is 2.26. The highest BCUT2D eigenvalue weighted by Gasteiger charge is 2.12. The van der Waals surface area contributed by atoms with E-state index in [4.69, 9.17) is 6.42 Å². The number of hydrogen-bond donors (Lipinski definition) is 1. The van der Waals surface area contributed by atoms with Gasteiger partial charge in [-0.2, -0.15) is 0 Å². The van der Waals surface area contributed by atoms with Crippen LogP contribution in [0.5, 0.6) is 0 Å². The second-order valence-electron chi connectivity index (χ2n) is 3.25. The van der Waals surface area contributed by atoms with E-state index < -0.39 is 0 Å². The van der Waals surface area contributed by atoms with Crippen LogP contribution in [0.1, 0.15) is 24.4 Å². The van der Waals surface area contributed by atoms with Gasteiger partial charge in [-0.1, -0.05) is 6.07 Å². The van der Waals surface area contributed by atoms with E-state index in [9.17, 15) is 4.39 Å². The Morgan fingerprint density at radius 3 is 2.87 bits per heavy atom. The number of terminal acetylenes is 1. The van der Waals surface area contributed by atoms with Crippen LogP contribution in [0.25, 0.3) is 0 Å². The van der Waals surface area contributed by atoms with Crippen molar-refractivity contribution in [1.82, 2.24) is 5.32 Å². The largest absolute Gasteiger partial charge is 0.313 e. The Morgan fingerprint density at radius 2 is 2.33 bits per heavy atom. The Labute approximate surface area is 104 Å². The van der Waals surface area contributed by atoms with Crippen molar-refractivity contribution in [3.05, 3.63) is 33.1 Å². The molecule has 0 saturated heterocycles. The van der Waals surface area contributed by atoms with Gasteiger partial charge in [0, 0.05) is 16.0 Å². The highest BCUT2D eigenvalue weighted by Crippen LogP contribution is 2.24. The van der Waals surface area contributed by atoms with Crippen LogP contribution < -0.4 is 5.32 Å². The predicted molar refractivity (Wildman–Crippen MR) is 69.0 cm³/mol. The maximum absolute atomic E-state index is 12.9. The third-order valence-corrected chi connectivity index (χ3v) is 3.20. The molecule has 0 aliphatic rings. The molecule has 1 nitrogen and oxygen atoms in total. The summed E-state index contributed by atoms with van der Waals surface area (Å²) >= 11 is 2.14. The molecule has 1 N–H and O–H groups in total. The minimum atomic E-state index is -0.199. The number of halogens is 2. The maximum Gasteiger partial charge on any atom is 0.124 e. The molecule has 0 bridgehead atoms.